The van der Waals surface area contributed by atoms with Gasteiger partial charge in [0, 0.05) is 43.5 Å². The molecule has 7 nitrogen and oxygen atoms in total. The van der Waals surface area contributed by atoms with E-state index in [0.29, 0.717) is 13.0 Å². The summed E-state index contributed by atoms with van der Waals surface area (Å²) in [6, 6.07) is 2.28. The van der Waals surface area contributed by atoms with Gasteiger partial charge < -0.3 is 19.3 Å². The monoisotopic (exact) mass is 540 g/mol. The van der Waals surface area contributed by atoms with Crippen LogP contribution in [0, 0.1) is 11.3 Å². The number of fused-ring (bicyclic) bond motifs is 1. The molecule has 2 aliphatic heterocycles. The van der Waals surface area contributed by atoms with E-state index in [0.717, 1.165) is 34.6 Å². The van der Waals surface area contributed by atoms with E-state index in [1.807, 2.05) is 13.8 Å². The third-order valence-electron chi connectivity index (χ3n) is 8.63. The van der Waals surface area contributed by atoms with E-state index in [1.54, 1.807) is 0 Å². The molecule has 1 aromatic heterocycles. The molecule has 1 saturated heterocycles. The van der Waals surface area contributed by atoms with Crippen LogP contribution in [0.1, 0.15) is 61.4 Å². The highest BCUT2D eigenvalue weighted by molar-refractivity contribution is 6.70. The van der Waals surface area contributed by atoms with Crippen molar-refractivity contribution in [1.29, 1.82) is 5.26 Å². The number of nitrogens with zero attached hydrogens (tertiary/aromatic N) is 4. The lowest BCUT2D eigenvalue weighted by Crippen LogP contribution is -2.79. The van der Waals surface area contributed by atoms with Crippen LogP contribution in [-0.4, -0.2) is 137 Å². The Morgan fingerprint density at radius 1 is 1.07 bits per heavy atom. The number of carbonyl (C=O) groups is 1. The second kappa shape index (κ2) is 10.8. The molecule has 0 N–H and O–H groups in total. The zero-order chi connectivity index (χ0) is 31.7. The summed E-state index contributed by atoms with van der Waals surface area (Å²) in [5, 5.41) is 1.27. The molecular weight excluding hydrogens is 512 g/mol. The highest BCUT2D eigenvalue weighted by Crippen LogP contribution is 2.64. The highest BCUT2D eigenvalue weighted by atomic mass is 16.5. The van der Waals surface area contributed by atoms with Gasteiger partial charge in [0.1, 0.15) is 19.7 Å². The third-order valence-corrected chi connectivity index (χ3v) is 8.63. The number of hydrogen-bond donors (Lipinski definition) is 0. The van der Waals surface area contributed by atoms with Crippen molar-refractivity contribution in [3.05, 3.63) is 22.4 Å². The number of hydrogen-bond acceptors (Lipinski definition) is 6. The molecule has 0 aromatic carbocycles. The molecule has 1 unspecified atom stereocenters. The van der Waals surface area contributed by atoms with Crippen molar-refractivity contribution in [1.82, 2.24) is 9.88 Å². The minimum atomic E-state index is -2.49. The van der Waals surface area contributed by atoms with E-state index in [9.17, 15) is 10.1 Å². The summed E-state index contributed by atoms with van der Waals surface area (Å²) in [7, 11) is 65.6. The third kappa shape index (κ3) is 5.46. The Morgan fingerprint density at radius 3 is 2.17 bits per heavy atom. The minimum absolute atomic E-state index is 0.0282. The Morgan fingerprint density at radius 2 is 1.67 bits per heavy atom. The molecule has 0 spiro atoms. The normalized spacial score (nSPS) is 24.0. The predicted molar refractivity (Wildman–Crippen MR) is 170 cm³/mol. The number of aromatic nitrogens is 1. The number of piperazine rings is 1. The van der Waals surface area contributed by atoms with Crippen molar-refractivity contribution in [2.75, 3.05) is 31.7 Å². The van der Waals surface area contributed by atoms with Gasteiger partial charge in [-0.1, -0.05) is 5.31 Å². The van der Waals surface area contributed by atoms with Gasteiger partial charge in [-0.05, 0) is 37.6 Å². The van der Waals surface area contributed by atoms with E-state index >= 15 is 0 Å². The molecule has 1 aliphatic carbocycles. The maximum absolute atomic E-state index is 13.6. The number of carbonyl (C=O) groups excluding carboxylic acids is 1. The molecule has 4 rings (SSSR count). The fraction of sp³-hybridized carbons (Fsp3) is 0.720. The molecule has 2 fully saturated rings. The van der Waals surface area contributed by atoms with Gasteiger partial charge in [0.2, 0.25) is 5.91 Å². The molecule has 3 heterocycles. The van der Waals surface area contributed by atoms with Crippen molar-refractivity contribution in [3.63, 3.8) is 0 Å². The molecule has 1 atom stereocenters. The SMILES string of the molecule is [B]C1([B])CN(C(=O)CCOC)C([B])(C([B])(C([B])([B])[B])C([B])([B])[B])CN1c1nc(C2CC2)c2c(c1C#N)CC(C)(C)OC2. The van der Waals surface area contributed by atoms with Gasteiger partial charge in [0.25, 0.3) is 0 Å². The number of nitriles is 1. The molecule has 17 heteroatoms. The number of anilines is 1. The van der Waals surface area contributed by atoms with Gasteiger partial charge in [0.05, 0.1) is 107 Å². The van der Waals surface area contributed by atoms with Crippen LogP contribution in [0.25, 0.3) is 0 Å². The summed E-state index contributed by atoms with van der Waals surface area (Å²) in [4.78, 5) is 21.0. The zero-order valence-corrected chi connectivity index (χ0v) is 24.5. The molecule has 42 heavy (non-hydrogen) atoms. The molecule has 3 aliphatic rings. The minimum Gasteiger partial charge on any atom is -0.384 e. The van der Waals surface area contributed by atoms with Crippen LogP contribution >= 0.6 is 0 Å². The topological polar surface area (TPSA) is 78.7 Å². The molecule has 1 saturated carbocycles. The van der Waals surface area contributed by atoms with Crippen molar-refractivity contribution >= 4 is 90.2 Å². The van der Waals surface area contributed by atoms with Crippen molar-refractivity contribution in [2.45, 2.75) is 84.0 Å². The van der Waals surface area contributed by atoms with Crippen LogP contribution in [0.2, 0.25) is 15.5 Å². The summed E-state index contributed by atoms with van der Waals surface area (Å²) >= 11 is 0. The first-order valence-corrected chi connectivity index (χ1v) is 13.7. The van der Waals surface area contributed by atoms with Crippen LogP contribution < -0.4 is 4.90 Å². The lowest BCUT2D eigenvalue weighted by atomic mass is 9.10. The van der Waals surface area contributed by atoms with Crippen LogP contribution in [-0.2, 0) is 27.3 Å². The zero-order valence-electron chi connectivity index (χ0n) is 24.5. The van der Waals surface area contributed by atoms with Gasteiger partial charge in [-0.3, -0.25) is 4.79 Å². The quantitative estimate of drug-likeness (QED) is 0.384. The maximum Gasteiger partial charge on any atom is 0.224 e. The summed E-state index contributed by atoms with van der Waals surface area (Å²) in [6.45, 7) is 3.26. The molecule has 1 aromatic rings. The summed E-state index contributed by atoms with van der Waals surface area (Å²) in [5.41, 5.74) is -0.104. The van der Waals surface area contributed by atoms with Crippen molar-refractivity contribution in [2.24, 2.45) is 0 Å². The lowest BCUT2D eigenvalue weighted by Gasteiger charge is -2.72. The Labute approximate surface area is 263 Å². The Kier molecular flexibility index (Phi) is 8.60. The number of pyridine rings is 1. The molecule has 20 radical (unpaired) electrons. The van der Waals surface area contributed by atoms with Gasteiger partial charge in [-0.15, -0.1) is 10.2 Å². The Bertz CT molecular complexity index is 1270. The van der Waals surface area contributed by atoms with Gasteiger partial charge in [-0.2, -0.15) is 5.26 Å². The van der Waals surface area contributed by atoms with E-state index in [2.05, 4.69) is 6.07 Å². The van der Waals surface area contributed by atoms with Gasteiger partial charge in [0.15, 0.2) is 0 Å². The fourth-order valence-corrected chi connectivity index (χ4v) is 6.11. The smallest absolute Gasteiger partial charge is 0.224 e. The van der Waals surface area contributed by atoms with Crippen molar-refractivity contribution in [3.8, 4) is 6.07 Å². The number of methoxy groups -OCH3 is 1. The molecule has 1 amide bonds. The van der Waals surface area contributed by atoms with Crippen LogP contribution in [0.5, 0.6) is 0 Å². The van der Waals surface area contributed by atoms with E-state index in [1.165, 1.54) is 12.0 Å². The molecular formula is C25H26B10N4O3. The second-order valence-electron chi connectivity index (χ2n) is 12.7. The number of rotatable bonds is 8. The molecule has 194 valence electrons. The Hall–Kier alpha value is -1.52. The first-order valence-electron chi connectivity index (χ1n) is 13.7. The van der Waals surface area contributed by atoms with E-state index in [-0.39, 0.29) is 30.3 Å². The van der Waals surface area contributed by atoms with E-state index < -0.39 is 50.9 Å². The Balaban J connectivity index is 1.98. The second-order valence-corrected chi connectivity index (χ2v) is 12.7. The number of ether oxygens (including phenoxy) is 2. The fourth-order valence-electron chi connectivity index (χ4n) is 6.11. The predicted octanol–water partition coefficient (Wildman–Crippen LogP) is -1.29. The van der Waals surface area contributed by atoms with Gasteiger partial charge >= 0.3 is 0 Å². The first-order chi connectivity index (χ1) is 19.1. The van der Waals surface area contributed by atoms with Crippen LogP contribution in [0.3, 0.4) is 0 Å². The molecule has 0 bridgehead atoms. The van der Waals surface area contributed by atoms with Gasteiger partial charge in [-0.25, -0.2) is 4.98 Å². The summed E-state index contributed by atoms with van der Waals surface area (Å²) in [6.07, 6.45) is 2.13. The average Bonchev–Trinajstić information content (AvgIpc) is 3.70. The maximum atomic E-state index is 13.6. The average molecular weight is 539 g/mol. The summed E-state index contributed by atoms with van der Waals surface area (Å²) < 4.78 is 11.2. The summed E-state index contributed by atoms with van der Waals surface area (Å²) in [5.74, 6) is -0.267. The number of amides is 1. The van der Waals surface area contributed by atoms with Crippen LogP contribution in [0.15, 0.2) is 0 Å². The largest absolute Gasteiger partial charge is 0.384 e. The lowest BCUT2D eigenvalue weighted by molar-refractivity contribution is -0.138. The highest BCUT2D eigenvalue weighted by Gasteiger charge is 2.61. The van der Waals surface area contributed by atoms with Crippen molar-refractivity contribution < 1.29 is 14.3 Å². The van der Waals surface area contributed by atoms with E-state index in [4.69, 9.17) is 92.9 Å². The standard InChI is InChI=1S/C25H26B10N4O3/c1-20(2)8-14-15(9-36)19(37-18(13-4-5-13)16(14)10-42-20)39-11-21(26,23(29,24(30,31)32)25(33,34)35)38(12-22(39,27)28)17(40)6-7-41-3/h13H,4-8,10-12H2,1-3H3. The van der Waals surface area contributed by atoms with Crippen LogP contribution in [0.4, 0.5) is 5.82 Å². The first kappa shape index (κ1) is 33.4.